The average molecular weight is 341 g/mol. The van der Waals surface area contributed by atoms with Gasteiger partial charge in [0.25, 0.3) is 5.91 Å². The monoisotopic (exact) mass is 340 g/mol. The van der Waals surface area contributed by atoms with E-state index in [0.29, 0.717) is 11.5 Å². The van der Waals surface area contributed by atoms with Gasteiger partial charge in [0.2, 0.25) is 0 Å². The van der Waals surface area contributed by atoms with Crippen LogP contribution in [0.3, 0.4) is 0 Å². The van der Waals surface area contributed by atoms with E-state index in [4.69, 9.17) is 20.9 Å². The van der Waals surface area contributed by atoms with Crippen LogP contribution in [0.1, 0.15) is 28.7 Å². The summed E-state index contributed by atoms with van der Waals surface area (Å²) in [5, 5.41) is 6.15. The van der Waals surface area contributed by atoms with Crippen molar-refractivity contribution in [3.05, 3.63) is 46.1 Å². The van der Waals surface area contributed by atoms with Crippen LogP contribution in [0.5, 0.6) is 0 Å². The number of nitrogens with one attached hydrogen (secondary N) is 1. The molecular weight excluding hydrogens is 327 g/mol. The summed E-state index contributed by atoms with van der Waals surface area (Å²) in [5.74, 6) is -1.53. The number of esters is 1. The molecule has 6 nitrogen and oxygen atoms in total. The molecular formula is C15H14ClFN2O4. The minimum Gasteiger partial charge on any atom is -0.449 e. The third kappa shape index (κ3) is 3.87. The molecule has 0 radical (unpaired) electrons. The fraction of sp³-hybridized carbons (Fsp3) is 0.267. The second kappa shape index (κ2) is 6.78. The van der Waals surface area contributed by atoms with Crippen molar-refractivity contribution in [2.75, 3.05) is 5.32 Å². The van der Waals surface area contributed by atoms with E-state index in [1.165, 1.54) is 13.0 Å². The molecule has 1 heterocycles. The van der Waals surface area contributed by atoms with Gasteiger partial charge < -0.3 is 14.6 Å². The number of carbonyl (C=O) groups is 2. The van der Waals surface area contributed by atoms with Gasteiger partial charge >= 0.3 is 5.97 Å². The Bertz CT molecular complexity index is 740. The molecule has 0 aliphatic carbocycles. The molecule has 0 aliphatic heterocycles. The van der Waals surface area contributed by atoms with Crippen LogP contribution >= 0.6 is 11.6 Å². The maximum atomic E-state index is 13.0. The molecule has 0 unspecified atom stereocenters. The average Bonchev–Trinajstić information content (AvgIpc) is 2.81. The number of anilines is 1. The summed E-state index contributed by atoms with van der Waals surface area (Å²) in [7, 11) is 0. The Morgan fingerprint density at radius 1 is 1.39 bits per heavy atom. The lowest BCUT2D eigenvalue weighted by Crippen LogP contribution is -2.30. The van der Waals surface area contributed by atoms with E-state index in [0.717, 1.165) is 12.1 Å². The van der Waals surface area contributed by atoms with Crippen LogP contribution in [0, 0.1) is 19.7 Å². The largest absolute Gasteiger partial charge is 0.449 e. The van der Waals surface area contributed by atoms with Gasteiger partial charge in [-0.3, -0.25) is 4.79 Å². The number of hydrogen-bond acceptors (Lipinski definition) is 5. The molecule has 0 saturated heterocycles. The van der Waals surface area contributed by atoms with Crippen molar-refractivity contribution in [3.63, 3.8) is 0 Å². The highest BCUT2D eigenvalue weighted by Crippen LogP contribution is 2.23. The number of nitrogens with zero attached hydrogens (tertiary/aromatic N) is 1. The zero-order valence-electron chi connectivity index (χ0n) is 12.6. The lowest BCUT2D eigenvalue weighted by Gasteiger charge is -2.14. The van der Waals surface area contributed by atoms with E-state index >= 15 is 0 Å². The van der Waals surface area contributed by atoms with E-state index in [9.17, 15) is 14.0 Å². The molecule has 1 atom stereocenters. The van der Waals surface area contributed by atoms with Gasteiger partial charge in [-0.25, -0.2) is 9.18 Å². The maximum Gasteiger partial charge on any atom is 0.344 e. The Kier molecular flexibility index (Phi) is 5.00. The van der Waals surface area contributed by atoms with Gasteiger partial charge in [0.15, 0.2) is 6.10 Å². The minimum atomic E-state index is -1.09. The van der Waals surface area contributed by atoms with Gasteiger partial charge in [-0.05, 0) is 39.0 Å². The molecule has 1 aromatic heterocycles. The first-order chi connectivity index (χ1) is 10.8. The number of hydrogen-bond donors (Lipinski definition) is 1. The Morgan fingerprint density at radius 2 is 2.09 bits per heavy atom. The first kappa shape index (κ1) is 17.0. The zero-order chi connectivity index (χ0) is 17.1. The second-order valence-electron chi connectivity index (χ2n) is 4.86. The van der Waals surface area contributed by atoms with Crippen molar-refractivity contribution in [1.82, 2.24) is 5.16 Å². The van der Waals surface area contributed by atoms with Crippen LogP contribution < -0.4 is 5.32 Å². The Labute approximate surface area is 136 Å². The van der Waals surface area contributed by atoms with Gasteiger partial charge in [-0.15, -0.1) is 0 Å². The summed E-state index contributed by atoms with van der Waals surface area (Å²) in [6, 6.07) is 3.54. The Morgan fingerprint density at radius 3 is 2.65 bits per heavy atom. The molecule has 0 bridgehead atoms. The third-order valence-electron chi connectivity index (χ3n) is 3.08. The predicted octanol–water partition coefficient (Wildman–Crippen LogP) is 3.27. The van der Waals surface area contributed by atoms with Gasteiger partial charge in [0.1, 0.15) is 17.1 Å². The Hall–Kier alpha value is -2.41. The molecule has 1 aromatic carbocycles. The number of rotatable bonds is 4. The van der Waals surface area contributed by atoms with Gasteiger partial charge in [-0.2, -0.15) is 0 Å². The number of ether oxygens (including phenoxy) is 1. The van der Waals surface area contributed by atoms with Crippen LogP contribution in [-0.2, 0) is 9.53 Å². The quantitative estimate of drug-likeness (QED) is 0.864. The summed E-state index contributed by atoms with van der Waals surface area (Å²) >= 11 is 5.82. The van der Waals surface area contributed by atoms with Crippen molar-refractivity contribution >= 4 is 29.2 Å². The van der Waals surface area contributed by atoms with Crippen molar-refractivity contribution in [2.24, 2.45) is 0 Å². The zero-order valence-corrected chi connectivity index (χ0v) is 13.4. The first-order valence-corrected chi connectivity index (χ1v) is 7.07. The predicted molar refractivity (Wildman–Crippen MR) is 80.9 cm³/mol. The highest BCUT2D eigenvalue weighted by atomic mass is 35.5. The van der Waals surface area contributed by atoms with Crippen LogP contribution in [-0.4, -0.2) is 23.1 Å². The maximum absolute atomic E-state index is 13.0. The van der Waals surface area contributed by atoms with E-state index in [1.54, 1.807) is 13.8 Å². The van der Waals surface area contributed by atoms with Crippen molar-refractivity contribution < 1.29 is 23.2 Å². The number of amides is 1. The molecule has 0 spiro atoms. The summed E-state index contributed by atoms with van der Waals surface area (Å²) in [6.45, 7) is 4.57. The molecule has 0 aliphatic rings. The van der Waals surface area contributed by atoms with Crippen molar-refractivity contribution in [2.45, 2.75) is 26.9 Å². The normalized spacial score (nSPS) is 11.9. The van der Waals surface area contributed by atoms with Gasteiger partial charge in [0.05, 0.1) is 16.4 Å². The summed E-state index contributed by atoms with van der Waals surface area (Å²) in [6.07, 6.45) is -1.09. The standard InChI is InChI=1S/C15H14ClFN2O4/c1-7-13(8(2)23-19-7)15(21)22-9(3)14(20)18-12-5-4-10(17)6-11(12)16/h4-6,9H,1-3H3,(H,18,20)/t9-/m1/s1. The van der Waals surface area contributed by atoms with E-state index in [2.05, 4.69) is 10.5 Å². The Balaban J connectivity index is 2.04. The van der Waals surface area contributed by atoms with Gasteiger partial charge in [0, 0.05) is 0 Å². The lowest BCUT2D eigenvalue weighted by molar-refractivity contribution is -0.123. The van der Waals surface area contributed by atoms with Crippen LogP contribution in [0.25, 0.3) is 0 Å². The second-order valence-corrected chi connectivity index (χ2v) is 5.27. The fourth-order valence-electron chi connectivity index (χ4n) is 1.87. The highest BCUT2D eigenvalue weighted by Gasteiger charge is 2.24. The highest BCUT2D eigenvalue weighted by molar-refractivity contribution is 6.33. The number of benzene rings is 1. The molecule has 122 valence electrons. The smallest absolute Gasteiger partial charge is 0.344 e. The van der Waals surface area contributed by atoms with Crippen molar-refractivity contribution in [1.29, 1.82) is 0 Å². The number of aromatic nitrogens is 1. The van der Waals surface area contributed by atoms with Crippen LogP contribution in [0.2, 0.25) is 5.02 Å². The number of carbonyl (C=O) groups excluding carboxylic acids is 2. The van der Waals surface area contributed by atoms with E-state index < -0.39 is 23.8 Å². The van der Waals surface area contributed by atoms with E-state index in [-0.39, 0.29) is 16.3 Å². The van der Waals surface area contributed by atoms with Crippen LogP contribution in [0.4, 0.5) is 10.1 Å². The van der Waals surface area contributed by atoms with Crippen LogP contribution in [0.15, 0.2) is 22.7 Å². The summed E-state index contributed by atoms with van der Waals surface area (Å²) in [5.41, 5.74) is 0.782. The molecule has 1 N–H and O–H groups in total. The minimum absolute atomic E-state index is 0.0441. The molecule has 23 heavy (non-hydrogen) atoms. The number of aryl methyl sites for hydroxylation is 2. The van der Waals surface area contributed by atoms with E-state index in [1.807, 2.05) is 0 Å². The third-order valence-corrected chi connectivity index (χ3v) is 3.39. The molecule has 8 heteroatoms. The fourth-order valence-corrected chi connectivity index (χ4v) is 2.09. The molecule has 0 fully saturated rings. The first-order valence-electron chi connectivity index (χ1n) is 6.69. The summed E-state index contributed by atoms with van der Waals surface area (Å²) in [4.78, 5) is 24.1. The van der Waals surface area contributed by atoms with Gasteiger partial charge in [-0.1, -0.05) is 16.8 Å². The molecule has 2 aromatic rings. The van der Waals surface area contributed by atoms with Crippen molar-refractivity contribution in [3.8, 4) is 0 Å². The number of halogens is 2. The topological polar surface area (TPSA) is 81.4 Å². The summed E-state index contributed by atoms with van der Waals surface area (Å²) < 4.78 is 22.9. The molecule has 0 saturated carbocycles. The lowest BCUT2D eigenvalue weighted by atomic mass is 10.2. The SMILES string of the molecule is Cc1noc(C)c1C(=O)O[C@H](C)C(=O)Nc1ccc(F)cc1Cl. The molecule has 2 rings (SSSR count). The molecule has 1 amide bonds.